The van der Waals surface area contributed by atoms with Gasteiger partial charge in [-0.15, -0.1) is 0 Å². The molecule has 1 N–H and O–H groups in total. The fraction of sp³-hybridized carbons (Fsp3) is 1.00. The molecule has 2 heterocycles. The molecule has 0 amide bonds. The second kappa shape index (κ2) is 3.73. The second-order valence-electron chi connectivity index (χ2n) is 3.86. The Kier molecular flexibility index (Phi) is 2.63. The lowest BCUT2D eigenvalue weighted by Crippen LogP contribution is -2.50. The van der Waals surface area contributed by atoms with Gasteiger partial charge in [-0.2, -0.15) is 0 Å². The van der Waals surface area contributed by atoms with Gasteiger partial charge in [0.05, 0.1) is 6.61 Å². The maximum atomic E-state index is 8.80. The lowest BCUT2D eigenvalue weighted by molar-refractivity contribution is 0.0889. The van der Waals surface area contributed by atoms with Gasteiger partial charge in [0.15, 0.2) is 0 Å². The summed E-state index contributed by atoms with van der Waals surface area (Å²) < 4.78 is 0. The normalized spacial score (nSPS) is 32.2. The van der Waals surface area contributed by atoms with Gasteiger partial charge in [0.2, 0.25) is 0 Å². The van der Waals surface area contributed by atoms with Crippen LogP contribution in [-0.4, -0.2) is 60.3 Å². The Bertz CT molecular complexity index is 151. The van der Waals surface area contributed by atoms with Gasteiger partial charge in [0.25, 0.3) is 0 Å². The lowest BCUT2D eigenvalue weighted by Gasteiger charge is -2.37. The summed E-state index contributed by atoms with van der Waals surface area (Å²) in [4.78, 5) is 4.97. The minimum atomic E-state index is 0.312. The number of hydrogen-bond donors (Lipinski definition) is 1. The van der Waals surface area contributed by atoms with E-state index in [9.17, 15) is 0 Å². The molecule has 0 aromatic rings. The van der Waals surface area contributed by atoms with Crippen LogP contribution >= 0.6 is 0 Å². The first-order chi connectivity index (χ1) is 5.90. The number of β-amino-alcohol motifs (C(OH)–C–C–N with tert-alkyl or cyclic N) is 1. The molecular formula is C9H18N2O. The van der Waals surface area contributed by atoms with Crippen LogP contribution in [0, 0.1) is 0 Å². The van der Waals surface area contributed by atoms with E-state index in [0.29, 0.717) is 6.61 Å². The van der Waals surface area contributed by atoms with E-state index < -0.39 is 0 Å². The minimum Gasteiger partial charge on any atom is -0.395 e. The van der Waals surface area contributed by atoms with Gasteiger partial charge in [-0.1, -0.05) is 0 Å². The van der Waals surface area contributed by atoms with Gasteiger partial charge in [0, 0.05) is 32.2 Å². The summed E-state index contributed by atoms with van der Waals surface area (Å²) in [5.74, 6) is 0. The van der Waals surface area contributed by atoms with Gasteiger partial charge in [-0.05, 0) is 19.4 Å². The van der Waals surface area contributed by atoms with Crippen LogP contribution in [0.5, 0.6) is 0 Å². The van der Waals surface area contributed by atoms with E-state index in [2.05, 4.69) is 9.80 Å². The summed E-state index contributed by atoms with van der Waals surface area (Å²) in [5.41, 5.74) is 0. The summed E-state index contributed by atoms with van der Waals surface area (Å²) in [6, 6.07) is 0.797. The van der Waals surface area contributed by atoms with Crippen molar-refractivity contribution in [2.24, 2.45) is 0 Å². The van der Waals surface area contributed by atoms with E-state index in [1.807, 2.05) is 0 Å². The predicted molar refractivity (Wildman–Crippen MR) is 48.1 cm³/mol. The summed E-state index contributed by atoms with van der Waals surface area (Å²) in [5, 5.41) is 8.80. The first kappa shape index (κ1) is 8.48. The van der Waals surface area contributed by atoms with Crippen LogP contribution in [-0.2, 0) is 0 Å². The molecule has 1 atom stereocenters. The van der Waals surface area contributed by atoms with Crippen LogP contribution in [0.25, 0.3) is 0 Å². The molecule has 2 saturated heterocycles. The summed E-state index contributed by atoms with van der Waals surface area (Å²) >= 11 is 0. The highest BCUT2D eigenvalue weighted by molar-refractivity contribution is 4.86. The zero-order chi connectivity index (χ0) is 8.39. The van der Waals surface area contributed by atoms with Crippen LogP contribution in [0.2, 0.25) is 0 Å². The van der Waals surface area contributed by atoms with E-state index in [0.717, 1.165) is 19.1 Å². The minimum absolute atomic E-state index is 0.312. The average molecular weight is 170 g/mol. The quantitative estimate of drug-likeness (QED) is 0.619. The number of rotatable bonds is 2. The molecule has 0 radical (unpaired) electrons. The SMILES string of the molecule is OCCN1CCN2CCCC2C1. The van der Waals surface area contributed by atoms with Crippen LogP contribution in [0.3, 0.4) is 0 Å². The highest BCUT2D eigenvalue weighted by Crippen LogP contribution is 2.20. The number of aliphatic hydroxyl groups excluding tert-OH is 1. The first-order valence-electron chi connectivity index (χ1n) is 4.97. The Balaban J connectivity index is 1.84. The molecular weight excluding hydrogens is 152 g/mol. The smallest absolute Gasteiger partial charge is 0.0558 e. The van der Waals surface area contributed by atoms with Crippen LogP contribution in [0.1, 0.15) is 12.8 Å². The average Bonchev–Trinajstić information content (AvgIpc) is 2.51. The van der Waals surface area contributed by atoms with Crippen molar-refractivity contribution in [2.75, 3.05) is 39.3 Å². The zero-order valence-corrected chi connectivity index (χ0v) is 7.58. The van der Waals surface area contributed by atoms with E-state index in [1.54, 1.807) is 0 Å². The molecule has 12 heavy (non-hydrogen) atoms. The molecule has 3 nitrogen and oxygen atoms in total. The van der Waals surface area contributed by atoms with Gasteiger partial charge in [0.1, 0.15) is 0 Å². The first-order valence-corrected chi connectivity index (χ1v) is 4.97. The predicted octanol–water partition coefficient (Wildman–Crippen LogP) is -0.241. The Morgan fingerprint density at radius 3 is 3.00 bits per heavy atom. The van der Waals surface area contributed by atoms with Gasteiger partial charge < -0.3 is 5.11 Å². The van der Waals surface area contributed by atoms with Crippen molar-refractivity contribution in [3.63, 3.8) is 0 Å². The molecule has 0 aromatic carbocycles. The highest BCUT2D eigenvalue weighted by atomic mass is 16.3. The second-order valence-corrected chi connectivity index (χ2v) is 3.86. The summed E-state index contributed by atoms with van der Waals surface area (Å²) in [6.45, 7) is 6.02. The zero-order valence-electron chi connectivity index (χ0n) is 7.58. The third-order valence-electron chi connectivity index (χ3n) is 3.09. The number of fused-ring (bicyclic) bond motifs is 1. The maximum Gasteiger partial charge on any atom is 0.0558 e. The number of nitrogens with zero attached hydrogens (tertiary/aromatic N) is 2. The summed E-state index contributed by atoms with van der Waals surface area (Å²) in [7, 11) is 0. The van der Waals surface area contributed by atoms with Gasteiger partial charge in [-0.3, -0.25) is 9.80 Å². The van der Waals surface area contributed by atoms with Crippen molar-refractivity contribution in [3.8, 4) is 0 Å². The molecule has 2 aliphatic heterocycles. The van der Waals surface area contributed by atoms with Crippen molar-refractivity contribution in [1.29, 1.82) is 0 Å². The van der Waals surface area contributed by atoms with E-state index >= 15 is 0 Å². The molecule has 0 aromatic heterocycles. The van der Waals surface area contributed by atoms with Gasteiger partial charge in [-0.25, -0.2) is 0 Å². The van der Waals surface area contributed by atoms with Crippen LogP contribution < -0.4 is 0 Å². The molecule has 2 aliphatic rings. The van der Waals surface area contributed by atoms with Crippen molar-refractivity contribution in [1.82, 2.24) is 9.80 Å². The number of hydrogen-bond acceptors (Lipinski definition) is 3. The maximum absolute atomic E-state index is 8.80. The van der Waals surface area contributed by atoms with Crippen molar-refractivity contribution in [3.05, 3.63) is 0 Å². The van der Waals surface area contributed by atoms with E-state index in [-0.39, 0.29) is 0 Å². The molecule has 70 valence electrons. The monoisotopic (exact) mass is 170 g/mol. The standard InChI is InChI=1S/C9H18N2O/c12-7-6-10-4-5-11-3-1-2-9(11)8-10/h9,12H,1-8H2. The molecule has 0 bridgehead atoms. The van der Waals surface area contributed by atoms with Crippen molar-refractivity contribution < 1.29 is 5.11 Å². The molecule has 1 unspecified atom stereocenters. The topological polar surface area (TPSA) is 26.7 Å². The molecule has 0 spiro atoms. The number of piperazine rings is 1. The van der Waals surface area contributed by atoms with Crippen molar-refractivity contribution in [2.45, 2.75) is 18.9 Å². The molecule has 3 heteroatoms. The lowest BCUT2D eigenvalue weighted by atomic mass is 10.1. The largest absolute Gasteiger partial charge is 0.395 e. The number of aliphatic hydroxyl groups is 1. The van der Waals surface area contributed by atoms with E-state index in [4.69, 9.17) is 5.11 Å². The molecule has 2 rings (SSSR count). The van der Waals surface area contributed by atoms with Gasteiger partial charge >= 0.3 is 0 Å². The van der Waals surface area contributed by atoms with E-state index in [1.165, 1.54) is 32.5 Å². The van der Waals surface area contributed by atoms with Crippen LogP contribution in [0.4, 0.5) is 0 Å². The fourth-order valence-corrected chi connectivity index (χ4v) is 2.40. The Morgan fingerprint density at radius 1 is 1.25 bits per heavy atom. The molecule has 0 saturated carbocycles. The summed E-state index contributed by atoms with van der Waals surface area (Å²) in [6.07, 6.45) is 2.74. The van der Waals surface area contributed by atoms with Crippen LogP contribution in [0.15, 0.2) is 0 Å². The highest BCUT2D eigenvalue weighted by Gasteiger charge is 2.29. The Labute approximate surface area is 74.0 Å². The van der Waals surface area contributed by atoms with Crippen molar-refractivity contribution >= 4 is 0 Å². The molecule has 0 aliphatic carbocycles. The Hall–Kier alpha value is -0.120. The molecule has 2 fully saturated rings. The third kappa shape index (κ3) is 1.63. The fourth-order valence-electron chi connectivity index (χ4n) is 2.40. The Morgan fingerprint density at radius 2 is 2.17 bits per heavy atom. The third-order valence-corrected chi connectivity index (χ3v) is 3.09.